The molecule has 5 nitrogen and oxygen atoms in total. The van der Waals surface area contributed by atoms with E-state index >= 15 is 0 Å². The highest BCUT2D eigenvalue weighted by molar-refractivity contribution is 4.65. The molecule has 0 aliphatic carbocycles. The van der Waals surface area contributed by atoms with Crippen LogP contribution in [-0.4, -0.2) is 87.7 Å². The molecule has 16 heavy (non-hydrogen) atoms. The van der Waals surface area contributed by atoms with Gasteiger partial charge in [-0.3, -0.25) is 9.80 Å². The highest BCUT2D eigenvalue weighted by atomic mass is 16.5. The number of hydrogen-bond donors (Lipinski definition) is 1. The van der Waals surface area contributed by atoms with Gasteiger partial charge in [-0.15, -0.1) is 0 Å². The Morgan fingerprint density at radius 1 is 1.25 bits per heavy atom. The van der Waals surface area contributed by atoms with E-state index in [-0.39, 0.29) is 6.61 Å². The average Bonchev–Trinajstić information content (AvgIpc) is 2.34. The number of rotatable bonds is 8. The van der Waals surface area contributed by atoms with Crippen LogP contribution in [0.15, 0.2) is 0 Å². The first-order chi connectivity index (χ1) is 7.86. The highest BCUT2D eigenvalue weighted by Gasteiger charge is 2.11. The Bertz CT molecular complexity index is 163. The molecule has 0 aromatic carbocycles. The maximum Gasteiger partial charge on any atom is 0.0594 e. The zero-order chi connectivity index (χ0) is 11.6. The van der Waals surface area contributed by atoms with Crippen molar-refractivity contribution in [3.63, 3.8) is 0 Å². The summed E-state index contributed by atoms with van der Waals surface area (Å²) in [6, 6.07) is 0. The summed E-state index contributed by atoms with van der Waals surface area (Å²) in [5, 5.41) is 8.96. The molecule has 0 aromatic rings. The van der Waals surface area contributed by atoms with E-state index in [9.17, 15) is 0 Å². The van der Waals surface area contributed by atoms with Crippen LogP contribution in [0.2, 0.25) is 0 Å². The molecule has 96 valence electrons. The summed E-state index contributed by atoms with van der Waals surface area (Å²) in [5.74, 6) is 0. The van der Waals surface area contributed by atoms with Gasteiger partial charge in [0.25, 0.3) is 0 Å². The molecule has 1 N–H and O–H groups in total. The molecule has 5 heteroatoms. The van der Waals surface area contributed by atoms with Crippen molar-refractivity contribution in [2.24, 2.45) is 0 Å². The lowest BCUT2D eigenvalue weighted by atomic mass is 10.4. The predicted octanol–water partition coefficient (Wildman–Crippen LogP) is -0.741. The standard InChI is InChI=1S/C11H24N2O3/c1-15-9-5-12(4-8-14)2-3-13-6-10-16-11-7-13/h14H,2-11H2,1H3. The topological polar surface area (TPSA) is 45.2 Å². The molecule has 1 fully saturated rings. The van der Waals surface area contributed by atoms with E-state index in [1.54, 1.807) is 7.11 Å². The zero-order valence-corrected chi connectivity index (χ0v) is 10.2. The Hall–Kier alpha value is -0.200. The van der Waals surface area contributed by atoms with Crippen LogP contribution in [0.25, 0.3) is 0 Å². The number of aliphatic hydroxyl groups is 1. The van der Waals surface area contributed by atoms with Crippen molar-refractivity contribution in [3.05, 3.63) is 0 Å². The smallest absolute Gasteiger partial charge is 0.0594 e. The summed E-state index contributed by atoms with van der Waals surface area (Å²) in [5.41, 5.74) is 0. The van der Waals surface area contributed by atoms with E-state index in [1.807, 2.05) is 0 Å². The first-order valence-electron chi connectivity index (χ1n) is 5.99. The van der Waals surface area contributed by atoms with E-state index in [0.717, 1.165) is 59.1 Å². The molecule has 1 rings (SSSR count). The molecule has 1 aliphatic rings. The molecule has 1 heterocycles. The second kappa shape index (κ2) is 8.90. The zero-order valence-electron chi connectivity index (χ0n) is 10.2. The summed E-state index contributed by atoms with van der Waals surface area (Å²) in [4.78, 5) is 4.64. The third-order valence-corrected chi connectivity index (χ3v) is 2.86. The number of morpholine rings is 1. The monoisotopic (exact) mass is 232 g/mol. The van der Waals surface area contributed by atoms with E-state index in [0.29, 0.717) is 0 Å². The van der Waals surface area contributed by atoms with Crippen molar-refractivity contribution in [2.75, 3.05) is 72.8 Å². The fourth-order valence-corrected chi connectivity index (χ4v) is 1.80. The molecular formula is C11H24N2O3. The van der Waals surface area contributed by atoms with Gasteiger partial charge in [-0.2, -0.15) is 0 Å². The maximum absolute atomic E-state index is 8.96. The summed E-state index contributed by atoms with van der Waals surface area (Å²) < 4.78 is 10.4. The van der Waals surface area contributed by atoms with E-state index < -0.39 is 0 Å². The third-order valence-electron chi connectivity index (χ3n) is 2.86. The van der Waals surface area contributed by atoms with E-state index in [1.165, 1.54) is 0 Å². The molecule has 0 atom stereocenters. The van der Waals surface area contributed by atoms with Crippen molar-refractivity contribution < 1.29 is 14.6 Å². The number of aliphatic hydroxyl groups excluding tert-OH is 1. The largest absolute Gasteiger partial charge is 0.395 e. The van der Waals surface area contributed by atoms with Gasteiger partial charge in [0, 0.05) is 46.4 Å². The Morgan fingerprint density at radius 3 is 2.62 bits per heavy atom. The Labute approximate surface area is 97.9 Å². The predicted molar refractivity (Wildman–Crippen MR) is 62.7 cm³/mol. The van der Waals surface area contributed by atoms with Crippen LogP contribution in [0, 0.1) is 0 Å². The number of ether oxygens (including phenoxy) is 2. The van der Waals surface area contributed by atoms with Crippen LogP contribution in [0.1, 0.15) is 0 Å². The third kappa shape index (κ3) is 5.77. The summed E-state index contributed by atoms with van der Waals surface area (Å²) >= 11 is 0. The van der Waals surface area contributed by atoms with Crippen molar-refractivity contribution >= 4 is 0 Å². The molecular weight excluding hydrogens is 208 g/mol. The van der Waals surface area contributed by atoms with Gasteiger partial charge in [-0.1, -0.05) is 0 Å². The fraction of sp³-hybridized carbons (Fsp3) is 1.00. The molecule has 0 aromatic heterocycles. The molecule has 0 radical (unpaired) electrons. The van der Waals surface area contributed by atoms with Crippen molar-refractivity contribution in [3.8, 4) is 0 Å². The van der Waals surface area contributed by atoms with Gasteiger partial charge < -0.3 is 14.6 Å². The summed E-state index contributed by atoms with van der Waals surface area (Å²) in [7, 11) is 1.71. The summed E-state index contributed by atoms with van der Waals surface area (Å²) in [6.07, 6.45) is 0. The quantitative estimate of drug-likeness (QED) is 0.597. The van der Waals surface area contributed by atoms with Crippen molar-refractivity contribution in [1.29, 1.82) is 0 Å². The SMILES string of the molecule is COCCN(CCO)CCN1CCOCC1. The Kier molecular flexibility index (Phi) is 7.71. The lowest BCUT2D eigenvalue weighted by Gasteiger charge is -2.29. The van der Waals surface area contributed by atoms with Crippen molar-refractivity contribution in [1.82, 2.24) is 9.80 Å². The molecule has 1 aliphatic heterocycles. The molecule has 0 amide bonds. The van der Waals surface area contributed by atoms with Gasteiger partial charge in [0.2, 0.25) is 0 Å². The minimum absolute atomic E-state index is 0.215. The molecule has 0 saturated carbocycles. The number of nitrogens with zero attached hydrogens (tertiary/aromatic N) is 2. The first kappa shape index (κ1) is 13.9. The Morgan fingerprint density at radius 2 is 2.00 bits per heavy atom. The van der Waals surface area contributed by atoms with Crippen LogP contribution >= 0.6 is 0 Å². The average molecular weight is 232 g/mol. The maximum atomic E-state index is 8.96. The number of hydrogen-bond acceptors (Lipinski definition) is 5. The van der Waals surface area contributed by atoms with Gasteiger partial charge in [0.05, 0.1) is 26.4 Å². The highest BCUT2D eigenvalue weighted by Crippen LogP contribution is 1.97. The summed E-state index contributed by atoms with van der Waals surface area (Å²) in [6.45, 7) is 8.34. The van der Waals surface area contributed by atoms with Crippen LogP contribution in [0.5, 0.6) is 0 Å². The first-order valence-corrected chi connectivity index (χ1v) is 5.99. The van der Waals surface area contributed by atoms with Crippen LogP contribution in [0.3, 0.4) is 0 Å². The minimum Gasteiger partial charge on any atom is -0.395 e. The van der Waals surface area contributed by atoms with Gasteiger partial charge in [0.1, 0.15) is 0 Å². The van der Waals surface area contributed by atoms with Gasteiger partial charge >= 0.3 is 0 Å². The van der Waals surface area contributed by atoms with Crippen molar-refractivity contribution in [2.45, 2.75) is 0 Å². The lowest BCUT2D eigenvalue weighted by Crippen LogP contribution is -2.42. The molecule has 0 unspecified atom stereocenters. The minimum atomic E-state index is 0.215. The van der Waals surface area contributed by atoms with Crippen LogP contribution in [0.4, 0.5) is 0 Å². The normalized spacial score (nSPS) is 18.2. The fourth-order valence-electron chi connectivity index (χ4n) is 1.80. The van der Waals surface area contributed by atoms with Crippen LogP contribution in [-0.2, 0) is 9.47 Å². The molecule has 0 spiro atoms. The molecule has 1 saturated heterocycles. The van der Waals surface area contributed by atoms with Gasteiger partial charge in [-0.05, 0) is 0 Å². The van der Waals surface area contributed by atoms with Gasteiger partial charge in [-0.25, -0.2) is 0 Å². The molecule has 0 bridgehead atoms. The lowest BCUT2D eigenvalue weighted by molar-refractivity contribution is 0.0308. The second-order valence-electron chi connectivity index (χ2n) is 4.01. The number of methoxy groups -OCH3 is 1. The Balaban J connectivity index is 2.14. The van der Waals surface area contributed by atoms with E-state index in [2.05, 4.69) is 9.80 Å². The van der Waals surface area contributed by atoms with Crippen LogP contribution < -0.4 is 0 Å². The van der Waals surface area contributed by atoms with E-state index in [4.69, 9.17) is 14.6 Å². The van der Waals surface area contributed by atoms with Gasteiger partial charge in [0.15, 0.2) is 0 Å². The second-order valence-corrected chi connectivity index (χ2v) is 4.01.